The Hall–Kier alpha value is -1.24. The molecule has 0 spiro atoms. The molecule has 0 aliphatic heterocycles. The Bertz CT molecular complexity index is 325. The first-order valence-electron chi connectivity index (χ1n) is 4.87. The van der Waals surface area contributed by atoms with Crippen molar-refractivity contribution in [3.8, 4) is 0 Å². The van der Waals surface area contributed by atoms with Crippen molar-refractivity contribution in [2.45, 2.75) is 33.1 Å². The number of allylic oxidation sites excluding steroid dienone is 1. The summed E-state index contributed by atoms with van der Waals surface area (Å²) in [4.78, 5) is 0. The van der Waals surface area contributed by atoms with E-state index in [-0.39, 0.29) is 5.41 Å². The quantitative estimate of drug-likeness (QED) is 0.666. The molecule has 0 aromatic heterocycles. The molecular weight excluding hydrogens is 172 g/mol. The van der Waals surface area contributed by atoms with Crippen molar-refractivity contribution in [1.82, 2.24) is 0 Å². The SMILES string of the molecule is C/C(=C\O)c1ccc(C(C)(C)C)cc1. The van der Waals surface area contributed by atoms with Crippen LogP contribution in [0.2, 0.25) is 0 Å². The number of hydrogen-bond acceptors (Lipinski definition) is 1. The average molecular weight is 190 g/mol. The van der Waals surface area contributed by atoms with Gasteiger partial charge in [-0.25, -0.2) is 0 Å². The van der Waals surface area contributed by atoms with Crippen molar-refractivity contribution >= 4 is 5.57 Å². The van der Waals surface area contributed by atoms with E-state index in [1.54, 1.807) is 0 Å². The zero-order chi connectivity index (χ0) is 10.8. The van der Waals surface area contributed by atoms with Crippen LogP contribution < -0.4 is 0 Å². The number of hydrogen-bond donors (Lipinski definition) is 1. The second-order valence-electron chi connectivity index (χ2n) is 4.64. The lowest BCUT2D eigenvalue weighted by atomic mass is 9.86. The fraction of sp³-hybridized carbons (Fsp3) is 0.385. The summed E-state index contributed by atoms with van der Waals surface area (Å²) in [5.41, 5.74) is 3.47. The van der Waals surface area contributed by atoms with E-state index in [0.717, 1.165) is 17.4 Å². The minimum Gasteiger partial charge on any atom is -0.515 e. The Morgan fingerprint density at radius 1 is 1.14 bits per heavy atom. The third-order valence-electron chi connectivity index (χ3n) is 2.40. The highest BCUT2D eigenvalue weighted by molar-refractivity contribution is 5.62. The second-order valence-corrected chi connectivity index (χ2v) is 4.64. The maximum Gasteiger partial charge on any atom is 0.0826 e. The molecule has 14 heavy (non-hydrogen) atoms. The van der Waals surface area contributed by atoms with Gasteiger partial charge in [0, 0.05) is 0 Å². The Balaban J connectivity index is 3.01. The lowest BCUT2D eigenvalue weighted by molar-refractivity contribution is 0.475. The van der Waals surface area contributed by atoms with Gasteiger partial charge in [-0.3, -0.25) is 0 Å². The molecule has 1 nitrogen and oxygen atoms in total. The Labute approximate surface area is 86.1 Å². The van der Waals surface area contributed by atoms with Crippen LogP contribution in [0.25, 0.3) is 5.57 Å². The highest BCUT2D eigenvalue weighted by Gasteiger charge is 2.12. The van der Waals surface area contributed by atoms with Crippen LogP contribution in [0.5, 0.6) is 0 Å². The Morgan fingerprint density at radius 3 is 2.00 bits per heavy atom. The minimum atomic E-state index is 0.190. The molecule has 0 saturated heterocycles. The molecular formula is C13H18O. The molecule has 1 N–H and O–H groups in total. The molecule has 1 aromatic carbocycles. The molecule has 1 aromatic rings. The first-order valence-corrected chi connectivity index (χ1v) is 4.87. The van der Waals surface area contributed by atoms with Crippen LogP contribution in [0.4, 0.5) is 0 Å². The molecule has 76 valence electrons. The van der Waals surface area contributed by atoms with E-state index in [9.17, 15) is 0 Å². The number of rotatable bonds is 1. The van der Waals surface area contributed by atoms with Gasteiger partial charge in [0.2, 0.25) is 0 Å². The van der Waals surface area contributed by atoms with Gasteiger partial charge >= 0.3 is 0 Å². The van der Waals surface area contributed by atoms with Gasteiger partial charge < -0.3 is 5.11 Å². The van der Waals surface area contributed by atoms with Crippen molar-refractivity contribution in [1.29, 1.82) is 0 Å². The predicted octanol–water partition coefficient (Wildman–Crippen LogP) is 3.90. The van der Waals surface area contributed by atoms with Crippen LogP contribution in [0, 0.1) is 0 Å². The summed E-state index contributed by atoms with van der Waals surface area (Å²) in [5, 5.41) is 8.86. The number of aliphatic hydroxyl groups excluding tert-OH is 1. The van der Waals surface area contributed by atoms with Gasteiger partial charge in [0.15, 0.2) is 0 Å². The molecule has 0 aliphatic carbocycles. The van der Waals surface area contributed by atoms with Gasteiger partial charge in [0.05, 0.1) is 6.26 Å². The third kappa shape index (κ3) is 2.38. The fourth-order valence-corrected chi connectivity index (χ4v) is 1.31. The molecule has 0 unspecified atom stereocenters. The van der Waals surface area contributed by atoms with Gasteiger partial charge in [0.1, 0.15) is 0 Å². The monoisotopic (exact) mass is 190 g/mol. The summed E-state index contributed by atoms with van der Waals surface area (Å²) in [6, 6.07) is 8.32. The highest BCUT2D eigenvalue weighted by Crippen LogP contribution is 2.23. The smallest absolute Gasteiger partial charge is 0.0826 e. The molecule has 0 fully saturated rings. The Morgan fingerprint density at radius 2 is 1.64 bits per heavy atom. The first-order chi connectivity index (χ1) is 6.45. The standard InChI is InChI=1S/C13H18O/c1-10(9-14)11-5-7-12(8-6-11)13(2,3)4/h5-9,14H,1-4H3/b10-9+. The van der Waals surface area contributed by atoms with Crippen molar-refractivity contribution < 1.29 is 5.11 Å². The first kappa shape index (κ1) is 10.8. The summed E-state index contributed by atoms with van der Waals surface area (Å²) in [5.74, 6) is 0. The minimum absolute atomic E-state index is 0.190. The molecule has 0 atom stereocenters. The van der Waals surface area contributed by atoms with E-state index >= 15 is 0 Å². The predicted molar refractivity (Wildman–Crippen MR) is 61.4 cm³/mol. The Kier molecular flexibility index (Phi) is 3.00. The zero-order valence-corrected chi connectivity index (χ0v) is 9.33. The van der Waals surface area contributed by atoms with Gasteiger partial charge in [-0.15, -0.1) is 0 Å². The van der Waals surface area contributed by atoms with Gasteiger partial charge in [-0.1, -0.05) is 45.0 Å². The van der Waals surface area contributed by atoms with Crippen LogP contribution >= 0.6 is 0 Å². The van der Waals surface area contributed by atoms with Crippen molar-refractivity contribution in [2.24, 2.45) is 0 Å². The topological polar surface area (TPSA) is 20.2 Å². The molecule has 0 saturated carbocycles. The van der Waals surface area contributed by atoms with Crippen molar-refractivity contribution in [3.63, 3.8) is 0 Å². The summed E-state index contributed by atoms with van der Waals surface area (Å²) < 4.78 is 0. The van der Waals surface area contributed by atoms with Crippen LogP contribution in [-0.4, -0.2) is 5.11 Å². The number of benzene rings is 1. The van der Waals surface area contributed by atoms with E-state index in [2.05, 4.69) is 32.9 Å². The second kappa shape index (κ2) is 3.87. The van der Waals surface area contributed by atoms with Crippen LogP contribution in [-0.2, 0) is 5.41 Å². The summed E-state index contributed by atoms with van der Waals surface area (Å²) in [7, 11) is 0. The molecule has 0 radical (unpaired) electrons. The van der Waals surface area contributed by atoms with Gasteiger partial charge in [-0.05, 0) is 29.0 Å². The van der Waals surface area contributed by atoms with E-state index < -0.39 is 0 Å². The summed E-state index contributed by atoms with van der Waals surface area (Å²) in [6.45, 7) is 8.47. The molecule has 1 rings (SSSR count). The van der Waals surface area contributed by atoms with Gasteiger partial charge in [-0.2, -0.15) is 0 Å². The number of aliphatic hydroxyl groups is 1. The third-order valence-corrected chi connectivity index (χ3v) is 2.40. The normalized spacial score (nSPS) is 13.0. The van der Waals surface area contributed by atoms with Crippen LogP contribution in [0.15, 0.2) is 30.5 Å². The maximum absolute atomic E-state index is 8.86. The van der Waals surface area contributed by atoms with E-state index in [1.165, 1.54) is 5.56 Å². The van der Waals surface area contributed by atoms with Crippen molar-refractivity contribution in [3.05, 3.63) is 41.7 Å². The van der Waals surface area contributed by atoms with E-state index in [1.807, 2.05) is 19.1 Å². The van der Waals surface area contributed by atoms with E-state index in [0.29, 0.717) is 0 Å². The largest absolute Gasteiger partial charge is 0.515 e. The molecule has 0 heterocycles. The lowest BCUT2D eigenvalue weighted by Crippen LogP contribution is -2.10. The summed E-state index contributed by atoms with van der Waals surface area (Å²) >= 11 is 0. The lowest BCUT2D eigenvalue weighted by Gasteiger charge is -2.19. The van der Waals surface area contributed by atoms with Crippen molar-refractivity contribution in [2.75, 3.05) is 0 Å². The summed E-state index contributed by atoms with van der Waals surface area (Å²) in [6.07, 6.45) is 1.14. The molecule has 1 heteroatoms. The maximum atomic E-state index is 8.86. The zero-order valence-electron chi connectivity index (χ0n) is 9.33. The van der Waals surface area contributed by atoms with Crippen LogP contribution in [0.1, 0.15) is 38.8 Å². The van der Waals surface area contributed by atoms with Crippen LogP contribution in [0.3, 0.4) is 0 Å². The molecule has 0 amide bonds. The molecule has 0 aliphatic rings. The fourth-order valence-electron chi connectivity index (χ4n) is 1.31. The van der Waals surface area contributed by atoms with Gasteiger partial charge in [0.25, 0.3) is 0 Å². The highest BCUT2D eigenvalue weighted by atomic mass is 16.2. The average Bonchev–Trinajstić information content (AvgIpc) is 2.15. The molecule has 0 bridgehead atoms. The van der Waals surface area contributed by atoms with E-state index in [4.69, 9.17) is 5.11 Å².